The molecule has 0 bridgehead atoms. The van der Waals surface area contributed by atoms with Crippen molar-refractivity contribution in [3.63, 3.8) is 0 Å². The summed E-state index contributed by atoms with van der Waals surface area (Å²) in [6.45, 7) is 5.57. The van der Waals surface area contributed by atoms with E-state index in [1.54, 1.807) is 6.20 Å². The SMILES string of the molecule is CC(C)(C)OC(=O)c1c[nH]c2c(Br)cccc12. The molecule has 0 saturated heterocycles. The molecule has 1 aromatic carbocycles. The van der Waals surface area contributed by atoms with Gasteiger partial charge in [-0.05, 0) is 42.8 Å². The van der Waals surface area contributed by atoms with Crippen LogP contribution < -0.4 is 0 Å². The number of para-hydroxylation sites is 1. The number of esters is 1. The molecule has 0 amide bonds. The molecule has 0 unspecified atom stereocenters. The lowest BCUT2D eigenvalue weighted by molar-refractivity contribution is 0.00719. The van der Waals surface area contributed by atoms with E-state index in [1.165, 1.54) is 0 Å². The summed E-state index contributed by atoms with van der Waals surface area (Å²) in [5, 5.41) is 0.869. The quantitative estimate of drug-likeness (QED) is 0.811. The van der Waals surface area contributed by atoms with Gasteiger partial charge in [-0.15, -0.1) is 0 Å². The molecule has 0 radical (unpaired) electrons. The van der Waals surface area contributed by atoms with Gasteiger partial charge in [-0.1, -0.05) is 12.1 Å². The smallest absolute Gasteiger partial charge is 0.340 e. The zero-order chi connectivity index (χ0) is 12.6. The highest BCUT2D eigenvalue weighted by molar-refractivity contribution is 9.10. The fraction of sp³-hybridized carbons (Fsp3) is 0.308. The first-order valence-electron chi connectivity index (χ1n) is 5.37. The van der Waals surface area contributed by atoms with Gasteiger partial charge in [-0.3, -0.25) is 0 Å². The molecule has 0 spiro atoms. The molecule has 0 aliphatic rings. The number of hydrogen-bond donors (Lipinski definition) is 1. The molecule has 2 rings (SSSR count). The Morgan fingerprint density at radius 1 is 1.35 bits per heavy atom. The minimum atomic E-state index is -0.479. The van der Waals surface area contributed by atoms with E-state index < -0.39 is 5.60 Å². The molecule has 0 saturated carbocycles. The highest BCUT2D eigenvalue weighted by Gasteiger charge is 2.20. The van der Waals surface area contributed by atoms with E-state index in [0.29, 0.717) is 5.56 Å². The van der Waals surface area contributed by atoms with Gasteiger partial charge in [0.25, 0.3) is 0 Å². The molecule has 4 heteroatoms. The molecule has 0 fully saturated rings. The van der Waals surface area contributed by atoms with Crippen molar-refractivity contribution in [2.45, 2.75) is 26.4 Å². The first-order chi connectivity index (χ1) is 7.88. The van der Waals surface area contributed by atoms with Crippen molar-refractivity contribution in [3.8, 4) is 0 Å². The van der Waals surface area contributed by atoms with Crippen molar-refractivity contribution in [3.05, 3.63) is 34.4 Å². The van der Waals surface area contributed by atoms with Crippen LogP contribution >= 0.6 is 15.9 Å². The predicted octanol–water partition coefficient (Wildman–Crippen LogP) is 3.89. The van der Waals surface area contributed by atoms with Gasteiger partial charge in [0, 0.05) is 16.1 Å². The molecule has 1 heterocycles. The molecule has 3 nitrogen and oxygen atoms in total. The fourth-order valence-electron chi connectivity index (χ4n) is 1.62. The van der Waals surface area contributed by atoms with Gasteiger partial charge < -0.3 is 9.72 Å². The number of fused-ring (bicyclic) bond motifs is 1. The van der Waals surface area contributed by atoms with Crippen LogP contribution in [-0.2, 0) is 4.74 Å². The first-order valence-corrected chi connectivity index (χ1v) is 6.17. The molecule has 0 atom stereocenters. The Bertz CT molecular complexity index is 566. The second-order valence-corrected chi connectivity index (χ2v) is 5.72. The number of carbonyl (C=O) groups is 1. The van der Waals surface area contributed by atoms with E-state index in [9.17, 15) is 4.79 Å². The average Bonchev–Trinajstić information content (AvgIpc) is 2.60. The number of rotatable bonds is 1. The largest absolute Gasteiger partial charge is 0.456 e. The number of aromatic amines is 1. The zero-order valence-corrected chi connectivity index (χ0v) is 11.6. The van der Waals surface area contributed by atoms with Crippen LogP contribution in [0.1, 0.15) is 31.1 Å². The van der Waals surface area contributed by atoms with Crippen molar-refractivity contribution < 1.29 is 9.53 Å². The van der Waals surface area contributed by atoms with Gasteiger partial charge in [-0.25, -0.2) is 4.79 Å². The minimum Gasteiger partial charge on any atom is -0.456 e. The third-order valence-corrected chi connectivity index (χ3v) is 2.94. The monoisotopic (exact) mass is 295 g/mol. The van der Waals surface area contributed by atoms with Crippen molar-refractivity contribution >= 4 is 32.8 Å². The number of nitrogens with one attached hydrogen (secondary N) is 1. The zero-order valence-electron chi connectivity index (χ0n) is 10.0. The van der Waals surface area contributed by atoms with Crippen LogP contribution in [0.2, 0.25) is 0 Å². The highest BCUT2D eigenvalue weighted by atomic mass is 79.9. The van der Waals surface area contributed by atoms with E-state index in [4.69, 9.17) is 4.74 Å². The Morgan fingerprint density at radius 3 is 2.71 bits per heavy atom. The number of H-pyrrole nitrogens is 1. The molecule has 0 aliphatic heterocycles. The van der Waals surface area contributed by atoms with Crippen molar-refractivity contribution in [1.29, 1.82) is 0 Å². The van der Waals surface area contributed by atoms with Crippen molar-refractivity contribution in [2.75, 3.05) is 0 Å². The summed E-state index contributed by atoms with van der Waals surface area (Å²) in [7, 11) is 0. The maximum atomic E-state index is 12.0. The van der Waals surface area contributed by atoms with Gasteiger partial charge >= 0.3 is 5.97 Å². The fourth-order valence-corrected chi connectivity index (χ4v) is 2.10. The third kappa shape index (κ3) is 2.52. The first kappa shape index (κ1) is 12.2. The molecule has 2 aromatic rings. The van der Waals surface area contributed by atoms with E-state index >= 15 is 0 Å². The summed E-state index contributed by atoms with van der Waals surface area (Å²) in [5.74, 6) is -0.304. The van der Waals surface area contributed by atoms with E-state index in [1.807, 2.05) is 39.0 Å². The summed E-state index contributed by atoms with van der Waals surface area (Å²) in [6, 6.07) is 5.72. The standard InChI is InChI=1S/C13H14BrNO2/c1-13(2,3)17-12(16)9-7-15-11-8(9)5-4-6-10(11)14/h4-7,15H,1-3H3. The lowest BCUT2D eigenvalue weighted by Crippen LogP contribution is -2.23. The second kappa shape index (κ2) is 4.18. The molecule has 1 aromatic heterocycles. The van der Waals surface area contributed by atoms with Gasteiger partial charge in [-0.2, -0.15) is 0 Å². The van der Waals surface area contributed by atoms with E-state index in [2.05, 4.69) is 20.9 Å². The lowest BCUT2D eigenvalue weighted by Gasteiger charge is -2.19. The van der Waals surface area contributed by atoms with E-state index in [0.717, 1.165) is 15.4 Å². The Morgan fingerprint density at radius 2 is 2.06 bits per heavy atom. The Hall–Kier alpha value is -1.29. The summed E-state index contributed by atoms with van der Waals surface area (Å²) in [5.41, 5.74) is 0.997. The van der Waals surface area contributed by atoms with Crippen LogP contribution in [0.25, 0.3) is 10.9 Å². The summed E-state index contributed by atoms with van der Waals surface area (Å²) in [4.78, 5) is 15.1. The van der Waals surface area contributed by atoms with Crippen LogP contribution in [0.15, 0.2) is 28.9 Å². The number of benzene rings is 1. The van der Waals surface area contributed by atoms with Crippen LogP contribution in [0.4, 0.5) is 0 Å². The maximum Gasteiger partial charge on any atom is 0.340 e. The van der Waals surface area contributed by atoms with Crippen LogP contribution in [0.3, 0.4) is 0 Å². The highest BCUT2D eigenvalue weighted by Crippen LogP contribution is 2.26. The number of carbonyl (C=O) groups excluding carboxylic acids is 1. The van der Waals surface area contributed by atoms with Crippen LogP contribution in [0, 0.1) is 0 Å². The normalized spacial score (nSPS) is 11.8. The topological polar surface area (TPSA) is 42.1 Å². The molecule has 90 valence electrons. The Balaban J connectivity index is 2.43. The van der Waals surface area contributed by atoms with Crippen molar-refractivity contribution in [1.82, 2.24) is 4.98 Å². The summed E-state index contributed by atoms with van der Waals surface area (Å²) >= 11 is 3.44. The summed E-state index contributed by atoms with van der Waals surface area (Å²) in [6.07, 6.45) is 1.68. The molecular formula is C13H14BrNO2. The van der Waals surface area contributed by atoms with Gasteiger partial charge in [0.2, 0.25) is 0 Å². The van der Waals surface area contributed by atoms with Gasteiger partial charge in [0.15, 0.2) is 0 Å². The number of aromatic nitrogens is 1. The molecular weight excluding hydrogens is 282 g/mol. The second-order valence-electron chi connectivity index (χ2n) is 4.87. The maximum absolute atomic E-state index is 12.0. The Kier molecular flexibility index (Phi) is 3.00. The Labute approximate surface area is 108 Å². The molecule has 0 aliphatic carbocycles. The number of halogens is 1. The third-order valence-electron chi connectivity index (χ3n) is 2.28. The lowest BCUT2D eigenvalue weighted by atomic mass is 10.1. The summed E-state index contributed by atoms with van der Waals surface area (Å²) < 4.78 is 6.29. The molecule has 17 heavy (non-hydrogen) atoms. The van der Waals surface area contributed by atoms with Gasteiger partial charge in [0.05, 0.1) is 11.1 Å². The van der Waals surface area contributed by atoms with Crippen LogP contribution in [0.5, 0.6) is 0 Å². The average molecular weight is 296 g/mol. The minimum absolute atomic E-state index is 0.304. The number of ether oxygens (including phenoxy) is 1. The number of hydrogen-bond acceptors (Lipinski definition) is 2. The van der Waals surface area contributed by atoms with Crippen molar-refractivity contribution in [2.24, 2.45) is 0 Å². The van der Waals surface area contributed by atoms with Gasteiger partial charge in [0.1, 0.15) is 5.60 Å². The molecule has 1 N–H and O–H groups in total. The predicted molar refractivity (Wildman–Crippen MR) is 71.2 cm³/mol. The van der Waals surface area contributed by atoms with Crippen LogP contribution in [-0.4, -0.2) is 16.6 Å². The van der Waals surface area contributed by atoms with E-state index in [-0.39, 0.29) is 5.97 Å².